The third-order valence-corrected chi connectivity index (χ3v) is 1.09. The quantitative estimate of drug-likeness (QED) is 0.618. The van der Waals surface area contributed by atoms with Crippen molar-refractivity contribution in [1.29, 1.82) is 0 Å². The maximum atomic E-state index is 11.5. The number of aliphatic hydroxyl groups excluding tert-OH is 1. The third kappa shape index (κ3) is 4.58. The highest BCUT2D eigenvalue weighted by atomic mass is 19.4. The number of halogens is 3. The van der Waals surface area contributed by atoms with E-state index >= 15 is 0 Å². The minimum Gasteiger partial charge on any atom is -0.392 e. The van der Waals surface area contributed by atoms with Crippen molar-refractivity contribution >= 4 is 0 Å². The predicted molar refractivity (Wildman–Crippen MR) is 30.3 cm³/mol. The topological polar surface area (TPSA) is 46.2 Å². The van der Waals surface area contributed by atoms with Crippen LogP contribution < -0.4 is 5.73 Å². The van der Waals surface area contributed by atoms with Gasteiger partial charge in [0.25, 0.3) is 0 Å². The Balaban J connectivity index is 3.68. The minimum atomic E-state index is -4.28. The van der Waals surface area contributed by atoms with Gasteiger partial charge in [-0.25, -0.2) is 0 Å². The Morgan fingerprint density at radius 2 is 1.90 bits per heavy atom. The Bertz CT molecular complexity index is 102. The molecular formula is C5H10F3NO. The molecule has 0 heterocycles. The Kier molecular flexibility index (Phi) is 3.11. The zero-order valence-electron chi connectivity index (χ0n) is 5.52. The first kappa shape index (κ1) is 9.71. The summed E-state index contributed by atoms with van der Waals surface area (Å²) in [6, 6.07) is -1.21. The molecule has 5 heteroatoms. The van der Waals surface area contributed by atoms with Crippen LogP contribution in [0.3, 0.4) is 0 Å². The Morgan fingerprint density at radius 3 is 2.00 bits per heavy atom. The van der Waals surface area contributed by atoms with E-state index < -0.39 is 24.7 Å². The van der Waals surface area contributed by atoms with Crippen molar-refractivity contribution in [2.24, 2.45) is 5.73 Å². The first-order valence-electron chi connectivity index (χ1n) is 2.83. The standard InChI is InChI=1S/C5H10F3NO/c1-3(10)4(9)2-5(6,7)8/h3-4,10H,2,9H2,1H3. The lowest BCUT2D eigenvalue weighted by Crippen LogP contribution is -2.36. The Morgan fingerprint density at radius 1 is 1.50 bits per heavy atom. The van der Waals surface area contributed by atoms with Gasteiger partial charge in [0.15, 0.2) is 0 Å². The summed E-state index contributed by atoms with van der Waals surface area (Å²) in [5.41, 5.74) is 4.93. The molecule has 0 aliphatic carbocycles. The summed E-state index contributed by atoms with van der Waals surface area (Å²) in [6.07, 6.45) is -6.53. The van der Waals surface area contributed by atoms with Gasteiger partial charge in [0.05, 0.1) is 12.5 Å². The molecule has 0 spiro atoms. The van der Waals surface area contributed by atoms with E-state index in [2.05, 4.69) is 0 Å². The molecule has 0 bridgehead atoms. The van der Waals surface area contributed by atoms with Crippen LogP contribution in [0.25, 0.3) is 0 Å². The Hall–Kier alpha value is -0.290. The highest BCUT2D eigenvalue weighted by molar-refractivity contribution is 4.70. The monoisotopic (exact) mass is 157 g/mol. The Labute approximate surface area is 56.8 Å². The van der Waals surface area contributed by atoms with Gasteiger partial charge >= 0.3 is 6.18 Å². The highest BCUT2D eigenvalue weighted by Crippen LogP contribution is 2.21. The third-order valence-electron chi connectivity index (χ3n) is 1.09. The molecular weight excluding hydrogens is 147 g/mol. The van der Waals surface area contributed by atoms with Gasteiger partial charge in [-0.05, 0) is 6.92 Å². The average molecular weight is 157 g/mol. The van der Waals surface area contributed by atoms with Crippen LogP contribution in [-0.4, -0.2) is 23.4 Å². The molecule has 0 rings (SSSR count). The molecule has 0 fully saturated rings. The molecule has 0 aromatic heterocycles. The van der Waals surface area contributed by atoms with Crippen LogP contribution in [-0.2, 0) is 0 Å². The first-order chi connectivity index (χ1) is 4.33. The van der Waals surface area contributed by atoms with Gasteiger partial charge in [0, 0.05) is 6.04 Å². The lowest BCUT2D eigenvalue weighted by Gasteiger charge is -2.15. The summed E-state index contributed by atoms with van der Waals surface area (Å²) in [5, 5.41) is 8.56. The van der Waals surface area contributed by atoms with E-state index in [4.69, 9.17) is 10.8 Å². The summed E-state index contributed by atoms with van der Waals surface area (Å²) in [4.78, 5) is 0. The van der Waals surface area contributed by atoms with Crippen LogP contribution in [0.4, 0.5) is 13.2 Å². The molecule has 0 amide bonds. The molecule has 0 aliphatic heterocycles. The second-order valence-electron chi connectivity index (χ2n) is 2.22. The molecule has 3 N–H and O–H groups in total. The highest BCUT2D eigenvalue weighted by Gasteiger charge is 2.31. The summed E-state index contributed by atoms with van der Waals surface area (Å²) in [5.74, 6) is 0. The van der Waals surface area contributed by atoms with E-state index in [1.807, 2.05) is 0 Å². The van der Waals surface area contributed by atoms with Crippen LogP contribution in [0.15, 0.2) is 0 Å². The fraction of sp³-hybridized carbons (Fsp3) is 1.00. The van der Waals surface area contributed by atoms with E-state index in [1.165, 1.54) is 6.92 Å². The molecule has 0 aliphatic rings. The van der Waals surface area contributed by atoms with Gasteiger partial charge in [-0.2, -0.15) is 13.2 Å². The SMILES string of the molecule is CC(O)C(N)CC(F)(F)F. The van der Waals surface area contributed by atoms with Gasteiger partial charge < -0.3 is 10.8 Å². The van der Waals surface area contributed by atoms with Gasteiger partial charge in [-0.15, -0.1) is 0 Å². The maximum absolute atomic E-state index is 11.5. The van der Waals surface area contributed by atoms with E-state index in [0.717, 1.165) is 0 Å². The molecule has 2 nitrogen and oxygen atoms in total. The molecule has 0 saturated heterocycles. The number of hydrogen-bond acceptors (Lipinski definition) is 2. The molecule has 2 unspecified atom stereocenters. The summed E-state index contributed by atoms with van der Waals surface area (Å²) in [6.45, 7) is 1.23. The van der Waals surface area contributed by atoms with E-state index in [0.29, 0.717) is 0 Å². The molecule has 2 atom stereocenters. The number of alkyl halides is 3. The van der Waals surface area contributed by atoms with E-state index in [9.17, 15) is 13.2 Å². The minimum absolute atomic E-state index is 1.11. The van der Waals surface area contributed by atoms with Crippen molar-refractivity contribution in [1.82, 2.24) is 0 Å². The lowest BCUT2D eigenvalue weighted by atomic mass is 10.1. The van der Waals surface area contributed by atoms with Gasteiger partial charge in [0.1, 0.15) is 0 Å². The first-order valence-corrected chi connectivity index (χ1v) is 2.83. The van der Waals surface area contributed by atoms with E-state index in [1.54, 1.807) is 0 Å². The maximum Gasteiger partial charge on any atom is 0.390 e. The normalized spacial score (nSPS) is 18.6. The lowest BCUT2D eigenvalue weighted by molar-refractivity contribution is -0.143. The fourth-order valence-electron chi connectivity index (χ4n) is 0.438. The molecule has 0 aromatic rings. The molecule has 0 aromatic carbocycles. The summed E-state index contributed by atoms with van der Waals surface area (Å²) in [7, 11) is 0. The van der Waals surface area contributed by atoms with Crippen molar-refractivity contribution in [3.05, 3.63) is 0 Å². The second kappa shape index (κ2) is 3.21. The second-order valence-corrected chi connectivity index (χ2v) is 2.22. The zero-order chi connectivity index (χ0) is 8.36. The molecule has 0 saturated carbocycles. The number of hydrogen-bond donors (Lipinski definition) is 2. The van der Waals surface area contributed by atoms with Crippen molar-refractivity contribution in [2.45, 2.75) is 31.7 Å². The van der Waals surface area contributed by atoms with Crippen molar-refractivity contribution in [2.75, 3.05) is 0 Å². The number of rotatable bonds is 2. The van der Waals surface area contributed by atoms with Gasteiger partial charge in [0.2, 0.25) is 0 Å². The van der Waals surface area contributed by atoms with Crippen molar-refractivity contribution < 1.29 is 18.3 Å². The molecule has 0 radical (unpaired) electrons. The van der Waals surface area contributed by atoms with Crippen LogP contribution in [0, 0.1) is 0 Å². The van der Waals surface area contributed by atoms with Gasteiger partial charge in [-0.3, -0.25) is 0 Å². The van der Waals surface area contributed by atoms with E-state index in [-0.39, 0.29) is 0 Å². The largest absolute Gasteiger partial charge is 0.392 e. The predicted octanol–water partition coefficient (Wildman–Crippen LogP) is 0.647. The molecule has 62 valence electrons. The molecule has 10 heavy (non-hydrogen) atoms. The number of nitrogens with two attached hydrogens (primary N) is 1. The number of aliphatic hydroxyl groups is 1. The van der Waals surface area contributed by atoms with Crippen LogP contribution in [0.2, 0.25) is 0 Å². The fourth-order valence-corrected chi connectivity index (χ4v) is 0.438. The zero-order valence-corrected chi connectivity index (χ0v) is 5.52. The smallest absolute Gasteiger partial charge is 0.390 e. The van der Waals surface area contributed by atoms with Crippen molar-refractivity contribution in [3.8, 4) is 0 Å². The van der Waals surface area contributed by atoms with Crippen LogP contribution in [0.5, 0.6) is 0 Å². The average Bonchev–Trinajstić information content (AvgIpc) is 1.60. The van der Waals surface area contributed by atoms with Gasteiger partial charge in [-0.1, -0.05) is 0 Å². The summed E-state index contributed by atoms with van der Waals surface area (Å²) >= 11 is 0. The van der Waals surface area contributed by atoms with Crippen molar-refractivity contribution in [3.63, 3.8) is 0 Å². The van der Waals surface area contributed by atoms with Crippen LogP contribution in [0.1, 0.15) is 13.3 Å². The summed E-state index contributed by atoms with van der Waals surface area (Å²) < 4.78 is 34.4. The van der Waals surface area contributed by atoms with Crippen LogP contribution >= 0.6 is 0 Å².